The fourth-order valence-corrected chi connectivity index (χ4v) is 4.55. The molecular weight excluding hydrogens is 440 g/mol. The summed E-state index contributed by atoms with van der Waals surface area (Å²) in [5.41, 5.74) is -0.168. The van der Waals surface area contributed by atoms with E-state index in [1.165, 1.54) is 37.5 Å². The third kappa shape index (κ3) is 4.55. The molecule has 2 aromatic rings. The summed E-state index contributed by atoms with van der Waals surface area (Å²) in [7, 11) is -3.22. The molecule has 0 unspecified atom stereocenters. The molecule has 1 amide bonds. The Bertz CT molecular complexity index is 1160. The van der Waals surface area contributed by atoms with Gasteiger partial charge in [0.25, 0.3) is 11.6 Å². The van der Waals surface area contributed by atoms with E-state index in [2.05, 4.69) is 5.32 Å². The second kappa shape index (κ2) is 8.19. The molecule has 0 radical (unpaired) electrons. The number of ether oxygens (including phenoxy) is 1. The lowest BCUT2D eigenvalue weighted by atomic mass is 10.2. The zero-order valence-electron chi connectivity index (χ0n) is 14.6. The van der Waals surface area contributed by atoms with Crippen molar-refractivity contribution >= 4 is 56.1 Å². The summed E-state index contributed by atoms with van der Waals surface area (Å²) in [6, 6.07) is 9.21. The van der Waals surface area contributed by atoms with Crippen molar-refractivity contribution in [3.05, 3.63) is 63.0 Å². The highest BCUT2D eigenvalue weighted by Gasteiger charge is 2.28. The van der Waals surface area contributed by atoms with E-state index in [0.717, 1.165) is 23.9 Å². The highest BCUT2D eigenvalue weighted by molar-refractivity contribution is 8.26. The number of hydrogen-bond donors (Lipinski definition) is 1. The molecule has 1 aliphatic rings. The Morgan fingerprint density at radius 2 is 1.93 bits per heavy atom. The summed E-state index contributed by atoms with van der Waals surface area (Å²) in [5, 5.41) is 13.6. The SMILES string of the molecule is COc1ccc(/C=C2\SC(=S)NC2=O)cc1OS(=O)(=O)c1ccccc1[N+](=O)[O-]. The third-order valence-electron chi connectivity index (χ3n) is 3.66. The first-order valence-electron chi connectivity index (χ1n) is 7.82. The van der Waals surface area contributed by atoms with Crippen LogP contribution >= 0.6 is 24.0 Å². The number of carbonyl (C=O) groups excluding carboxylic acids is 1. The van der Waals surface area contributed by atoms with Crippen LogP contribution in [0.25, 0.3) is 6.08 Å². The van der Waals surface area contributed by atoms with Crippen molar-refractivity contribution in [1.82, 2.24) is 5.32 Å². The number of para-hydroxylation sites is 1. The Kier molecular flexibility index (Phi) is 5.86. The molecule has 0 aromatic heterocycles. The highest BCUT2D eigenvalue weighted by atomic mass is 32.2. The first-order valence-corrected chi connectivity index (χ1v) is 10.5. The maximum atomic E-state index is 12.7. The van der Waals surface area contributed by atoms with Crippen LogP contribution < -0.4 is 14.2 Å². The molecule has 0 bridgehead atoms. The molecule has 150 valence electrons. The van der Waals surface area contributed by atoms with Crippen molar-refractivity contribution in [2.45, 2.75) is 4.90 Å². The maximum Gasteiger partial charge on any atom is 0.346 e. The monoisotopic (exact) mass is 452 g/mol. The van der Waals surface area contributed by atoms with Crippen molar-refractivity contribution in [1.29, 1.82) is 0 Å². The van der Waals surface area contributed by atoms with Gasteiger partial charge >= 0.3 is 10.1 Å². The van der Waals surface area contributed by atoms with E-state index in [1.54, 1.807) is 6.07 Å². The summed E-state index contributed by atoms with van der Waals surface area (Å²) in [4.78, 5) is 21.9. The third-order valence-corrected chi connectivity index (χ3v) is 6.10. The standard InChI is InChI=1S/C17H12N2O7S3/c1-25-12-7-6-10(9-14-16(20)18-17(27)28-14)8-13(12)26-29(23,24)15-5-3-2-4-11(15)19(21)22/h2-9H,1H3,(H,18,20,27)/b14-9-. The maximum absolute atomic E-state index is 12.7. The predicted molar refractivity (Wildman–Crippen MR) is 110 cm³/mol. The van der Waals surface area contributed by atoms with E-state index in [0.29, 0.717) is 14.8 Å². The number of methoxy groups -OCH3 is 1. The number of thioether (sulfide) groups is 1. The van der Waals surface area contributed by atoms with Crippen molar-refractivity contribution in [2.24, 2.45) is 0 Å². The van der Waals surface area contributed by atoms with E-state index in [-0.39, 0.29) is 17.4 Å². The van der Waals surface area contributed by atoms with E-state index in [4.69, 9.17) is 21.1 Å². The molecule has 9 nitrogen and oxygen atoms in total. The minimum absolute atomic E-state index is 0.0911. The van der Waals surface area contributed by atoms with Gasteiger partial charge in [-0.05, 0) is 29.8 Å². The van der Waals surface area contributed by atoms with Crippen LogP contribution in [0.4, 0.5) is 5.69 Å². The quantitative estimate of drug-likeness (QED) is 0.231. The molecule has 0 spiro atoms. The lowest BCUT2D eigenvalue weighted by Crippen LogP contribution is -2.17. The van der Waals surface area contributed by atoms with Gasteiger partial charge in [-0.25, -0.2) is 0 Å². The number of amides is 1. The first-order chi connectivity index (χ1) is 13.7. The summed E-state index contributed by atoms with van der Waals surface area (Å²) in [6.45, 7) is 0. The Hall–Kier alpha value is -2.96. The second-order valence-corrected chi connectivity index (χ2v) is 8.76. The normalized spacial score (nSPS) is 15.3. The number of nitro benzene ring substituents is 1. The van der Waals surface area contributed by atoms with E-state index in [1.807, 2.05) is 0 Å². The summed E-state index contributed by atoms with van der Waals surface area (Å²) in [6.07, 6.45) is 1.50. The number of benzene rings is 2. The van der Waals surface area contributed by atoms with Gasteiger partial charge in [0.05, 0.1) is 16.9 Å². The van der Waals surface area contributed by atoms with Crippen LogP contribution in [-0.4, -0.2) is 30.7 Å². The fraction of sp³-hybridized carbons (Fsp3) is 0.0588. The van der Waals surface area contributed by atoms with Crippen LogP contribution in [0, 0.1) is 10.1 Å². The van der Waals surface area contributed by atoms with Gasteiger partial charge in [-0.2, -0.15) is 8.42 Å². The minimum Gasteiger partial charge on any atom is -0.493 e. The Morgan fingerprint density at radius 3 is 2.55 bits per heavy atom. The number of rotatable bonds is 6. The summed E-state index contributed by atoms with van der Waals surface area (Å²) in [5.74, 6) is -0.467. The average molecular weight is 452 g/mol. The van der Waals surface area contributed by atoms with Crippen molar-refractivity contribution in [3.8, 4) is 11.5 Å². The van der Waals surface area contributed by atoms with Gasteiger partial charge in [-0.15, -0.1) is 0 Å². The van der Waals surface area contributed by atoms with Crippen molar-refractivity contribution < 1.29 is 27.1 Å². The van der Waals surface area contributed by atoms with Crippen molar-refractivity contribution in [3.63, 3.8) is 0 Å². The van der Waals surface area contributed by atoms with Crippen LogP contribution in [0.1, 0.15) is 5.56 Å². The Labute approximate surface area is 175 Å². The number of thiocarbonyl (C=S) groups is 1. The molecule has 1 fully saturated rings. The van der Waals surface area contributed by atoms with Crippen LogP contribution in [0.2, 0.25) is 0 Å². The van der Waals surface area contributed by atoms with Crippen molar-refractivity contribution in [2.75, 3.05) is 7.11 Å². The van der Waals surface area contributed by atoms with Gasteiger partial charge in [0.2, 0.25) is 0 Å². The van der Waals surface area contributed by atoms with Gasteiger partial charge in [-0.1, -0.05) is 42.2 Å². The molecule has 1 N–H and O–H groups in total. The first kappa shape index (κ1) is 20.8. The lowest BCUT2D eigenvalue weighted by Gasteiger charge is -2.11. The van der Waals surface area contributed by atoms with E-state index >= 15 is 0 Å². The predicted octanol–water partition coefficient (Wildman–Crippen LogP) is 2.86. The molecule has 2 aromatic carbocycles. The molecule has 0 atom stereocenters. The largest absolute Gasteiger partial charge is 0.493 e. The molecule has 0 aliphatic carbocycles. The van der Waals surface area contributed by atoms with Gasteiger partial charge < -0.3 is 14.2 Å². The zero-order chi connectivity index (χ0) is 21.2. The number of nitro groups is 1. The molecule has 1 aliphatic heterocycles. The minimum atomic E-state index is -4.53. The molecule has 0 saturated carbocycles. The van der Waals surface area contributed by atoms with E-state index < -0.39 is 25.6 Å². The average Bonchev–Trinajstić information content (AvgIpc) is 2.98. The smallest absolute Gasteiger partial charge is 0.346 e. The van der Waals surface area contributed by atoms with Crippen LogP contribution in [-0.2, 0) is 14.9 Å². The van der Waals surface area contributed by atoms with Gasteiger partial charge in [0.15, 0.2) is 16.4 Å². The lowest BCUT2D eigenvalue weighted by molar-refractivity contribution is -0.387. The number of nitrogens with one attached hydrogen (secondary N) is 1. The number of nitrogens with zero attached hydrogens (tertiary/aromatic N) is 1. The number of carbonyl (C=O) groups is 1. The van der Waals surface area contributed by atoms with Gasteiger partial charge in [-0.3, -0.25) is 14.9 Å². The van der Waals surface area contributed by atoms with Crippen LogP contribution in [0.3, 0.4) is 0 Å². The zero-order valence-corrected chi connectivity index (χ0v) is 17.1. The fourth-order valence-electron chi connectivity index (χ4n) is 2.40. The van der Waals surface area contributed by atoms with Crippen LogP contribution in [0.5, 0.6) is 11.5 Å². The van der Waals surface area contributed by atoms with Gasteiger partial charge in [0.1, 0.15) is 4.32 Å². The van der Waals surface area contributed by atoms with Crippen LogP contribution in [0.15, 0.2) is 52.3 Å². The molecule has 3 rings (SSSR count). The molecule has 1 saturated heterocycles. The molecule has 12 heteroatoms. The molecule has 1 heterocycles. The summed E-state index contributed by atoms with van der Waals surface area (Å²) < 4.78 is 35.9. The Balaban J connectivity index is 2.00. The van der Waals surface area contributed by atoms with E-state index in [9.17, 15) is 23.3 Å². The number of hydrogen-bond acceptors (Lipinski definition) is 9. The summed E-state index contributed by atoms with van der Waals surface area (Å²) >= 11 is 5.99. The Morgan fingerprint density at radius 1 is 1.21 bits per heavy atom. The molecular formula is C17H12N2O7S3. The highest BCUT2D eigenvalue weighted by Crippen LogP contribution is 2.34. The molecule has 29 heavy (non-hydrogen) atoms. The van der Waals surface area contributed by atoms with Gasteiger partial charge in [0, 0.05) is 6.07 Å². The topological polar surface area (TPSA) is 125 Å². The second-order valence-electron chi connectivity index (χ2n) is 5.52.